The summed E-state index contributed by atoms with van der Waals surface area (Å²) in [7, 11) is -3.30. The summed E-state index contributed by atoms with van der Waals surface area (Å²) >= 11 is -1.17. The standard InChI is InChI=1S/C21H35N3O3S2/c1-21(2,3)28(25)23-20(13-16-7-5-4-6-8-16)17-14-18-9-10-19(15-17)24(18)29(26,27)12-11-22/h4-8,17-20,23H,9-15,22H2,1-3H3/t17?,18-,19+,20-,28?/m0/s1. The first-order valence-electron chi connectivity index (χ1n) is 10.5. The SMILES string of the molecule is CC(C)(C)[S+]([O-])N[C@@H](Cc1ccccc1)C1C[C@H]2CC[C@@H](C1)N2S(=O)(=O)CCN. The lowest BCUT2D eigenvalue weighted by Gasteiger charge is -2.41. The molecule has 2 heterocycles. The van der Waals surface area contributed by atoms with Gasteiger partial charge >= 0.3 is 0 Å². The highest BCUT2D eigenvalue weighted by Crippen LogP contribution is 2.42. The summed E-state index contributed by atoms with van der Waals surface area (Å²) in [4.78, 5) is 0. The van der Waals surface area contributed by atoms with E-state index in [0.717, 1.165) is 32.1 Å². The minimum atomic E-state index is -3.30. The maximum absolute atomic E-state index is 12.9. The number of hydrogen-bond acceptors (Lipinski definition) is 5. The van der Waals surface area contributed by atoms with Crippen molar-refractivity contribution in [3.63, 3.8) is 0 Å². The van der Waals surface area contributed by atoms with Crippen molar-refractivity contribution in [3.05, 3.63) is 35.9 Å². The van der Waals surface area contributed by atoms with E-state index >= 15 is 0 Å². The van der Waals surface area contributed by atoms with E-state index < -0.39 is 21.4 Å². The first kappa shape index (κ1) is 23.0. The Morgan fingerprint density at radius 2 is 1.79 bits per heavy atom. The van der Waals surface area contributed by atoms with Crippen LogP contribution in [-0.4, -0.2) is 52.4 Å². The third-order valence-corrected chi connectivity index (χ3v) is 9.70. The topological polar surface area (TPSA) is 98.5 Å². The van der Waals surface area contributed by atoms with Crippen molar-refractivity contribution in [2.75, 3.05) is 12.3 Å². The normalized spacial score (nSPS) is 27.7. The van der Waals surface area contributed by atoms with Gasteiger partial charge in [-0.05, 0) is 64.4 Å². The third-order valence-electron chi connectivity index (χ3n) is 6.08. The monoisotopic (exact) mass is 441 g/mol. The van der Waals surface area contributed by atoms with E-state index in [0.29, 0.717) is 5.92 Å². The van der Waals surface area contributed by atoms with Crippen LogP contribution in [0.15, 0.2) is 30.3 Å². The molecule has 29 heavy (non-hydrogen) atoms. The molecule has 0 spiro atoms. The van der Waals surface area contributed by atoms with Gasteiger partial charge in [0.1, 0.15) is 4.75 Å². The predicted molar refractivity (Wildman–Crippen MR) is 119 cm³/mol. The molecule has 6 nitrogen and oxygen atoms in total. The highest BCUT2D eigenvalue weighted by molar-refractivity contribution is 7.90. The summed E-state index contributed by atoms with van der Waals surface area (Å²) in [6.07, 6.45) is 4.23. The molecule has 164 valence electrons. The van der Waals surface area contributed by atoms with Gasteiger partial charge in [0.2, 0.25) is 10.0 Å². The second-order valence-electron chi connectivity index (χ2n) is 9.35. The zero-order valence-corrected chi connectivity index (χ0v) is 19.3. The molecule has 3 rings (SSSR count). The Morgan fingerprint density at radius 1 is 1.21 bits per heavy atom. The zero-order chi connectivity index (χ0) is 21.2. The van der Waals surface area contributed by atoms with Crippen LogP contribution in [-0.2, 0) is 27.8 Å². The van der Waals surface area contributed by atoms with E-state index in [1.54, 1.807) is 4.31 Å². The molecule has 2 unspecified atom stereocenters. The molecule has 2 saturated heterocycles. The maximum atomic E-state index is 12.9. The molecule has 2 aliphatic heterocycles. The minimum Gasteiger partial charge on any atom is -0.598 e. The molecule has 2 bridgehead atoms. The van der Waals surface area contributed by atoms with E-state index in [2.05, 4.69) is 16.9 Å². The molecule has 5 atom stereocenters. The van der Waals surface area contributed by atoms with Gasteiger partial charge in [-0.2, -0.15) is 4.31 Å². The van der Waals surface area contributed by atoms with Crippen molar-refractivity contribution < 1.29 is 13.0 Å². The molecule has 1 aromatic rings. The van der Waals surface area contributed by atoms with E-state index in [1.807, 2.05) is 39.0 Å². The number of piperidine rings is 1. The molecule has 0 saturated carbocycles. The van der Waals surface area contributed by atoms with Gasteiger partial charge in [0.05, 0.1) is 11.8 Å². The van der Waals surface area contributed by atoms with Gasteiger partial charge in [0, 0.05) is 30.0 Å². The first-order chi connectivity index (χ1) is 13.6. The molecule has 0 aromatic heterocycles. The lowest BCUT2D eigenvalue weighted by Crippen LogP contribution is -2.54. The summed E-state index contributed by atoms with van der Waals surface area (Å²) in [5.41, 5.74) is 6.75. The fourth-order valence-corrected chi connectivity index (χ4v) is 7.40. The van der Waals surface area contributed by atoms with Gasteiger partial charge in [-0.15, -0.1) is 4.72 Å². The van der Waals surface area contributed by atoms with Gasteiger partial charge in [-0.25, -0.2) is 8.42 Å². The summed E-state index contributed by atoms with van der Waals surface area (Å²) in [5.74, 6) is 0.313. The van der Waals surface area contributed by atoms with E-state index in [4.69, 9.17) is 5.73 Å². The Bertz CT molecular complexity index is 753. The Morgan fingerprint density at radius 3 is 2.31 bits per heavy atom. The molecule has 1 aromatic carbocycles. The smallest absolute Gasteiger partial charge is 0.215 e. The zero-order valence-electron chi connectivity index (χ0n) is 17.7. The number of nitrogens with zero attached hydrogens (tertiary/aromatic N) is 1. The van der Waals surface area contributed by atoms with Crippen LogP contribution >= 0.6 is 0 Å². The highest BCUT2D eigenvalue weighted by atomic mass is 32.2. The van der Waals surface area contributed by atoms with E-state index in [1.165, 1.54) is 5.56 Å². The molecule has 3 N–H and O–H groups in total. The molecule has 2 aliphatic rings. The number of nitrogens with two attached hydrogens (primary N) is 1. The van der Waals surface area contributed by atoms with Gasteiger partial charge in [-0.1, -0.05) is 30.3 Å². The van der Waals surface area contributed by atoms with Gasteiger partial charge in [-0.3, -0.25) is 0 Å². The molecule has 2 fully saturated rings. The fraction of sp³-hybridized carbons (Fsp3) is 0.714. The van der Waals surface area contributed by atoms with Gasteiger partial charge < -0.3 is 10.3 Å². The fourth-order valence-electron chi connectivity index (χ4n) is 4.70. The number of sulfonamides is 1. The Hall–Kier alpha value is -0.640. The number of benzene rings is 1. The Labute approximate surface area is 179 Å². The molecule has 8 heteroatoms. The molecular formula is C21H35N3O3S2. The first-order valence-corrected chi connectivity index (χ1v) is 13.3. The van der Waals surface area contributed by atoms with Crippen LogP contribution in [0.2, 0.25) is 0 Å². The largest absolute Gasteiger partial charge is 0.598 e. The second-order valence-corrected chi connectivity index (χ2v) is 13.3. The van der Waals surface area contributed by atoms with Crippen molar-refractivity contribution >= 4 is 21.4 Å². The van der Waals surface area contributed by atoms with E-state index in [-0.39, 0.29) is 35.2 Å². The van der Waals surface area contributed by atoms with Crippen molar-refractivity contribution in [1.29, 1.82) is 0 Å². The number of fused-ring (bicyclic) bond motifs is 2. The maximum Gasteiger partial charge on any atom is 0.215 e. The van der Waals surface area contributed by atoms with Gasteiger partial charge in [0.25, 0.3) is 0 Å². The number of rotatable bonds is 8. The van der Waals surface area contributed by atoms with E-state index in [9.17, 15) is 13.0 Å². The van der Waals surface area contributed by atoms with Crippen molar-refractivity contribution in [2.45, 2.75) is 75.7 Å². The van der Waals surface area contributed by atoms with Crippen LogP contribution in [0.1, 0.15) is 52.0 Å². The van der Waals surface area contributed by atoms with Crippen LogP contribution in [0, 0.1) is 5.92 Å². The number of nitrogens with one attached hydrogen (secondary N) is 1. The van der Waals surface area contributed by atoms with Crippen molar-refractivity contribution in [3.8, 4) is 0 Å². The third kappa shape index (κ3) is 5.54. The van der Waals surface area contributed by atoms with Crippen LogP contribution in [0.25, 0.3) is 0 Å². The number of hydrogen-bond donors (Lipinski definition) is 2. The minimum absolute atomic E-state index is 0.0183. The summed E-state index contributed by atoms with van der Waals surface area (Å²) in [6, 6.07) is 10.4. The molecule has 0 aliphatic carbocycles. The van der Waals surface area contributed by atoms with Crippen LogP contribution in [0.4, 0.5) is 0 Å². The van der Waals surface area contributed by atoms with Gasteiger partial charge in [0.15, 0.2) is 0 Å². The lowest BCUT2D eigenvalue weighted by molar-refractivity contribution is 0.165. The summed E-state index contributed by atoms with van der Waals surface area (Å²) in [6.45, 7) is 6.08. The molecule has 0 amide bonds. The van der Waals surface area contributed by atoms with Crippen LogP contribution in [0.5, 0.6) is 0 Å². The average Bonchev–Trinajstić information content (AvgIpc) is 2.93. The second kappa shape index (κ2) is 9.24. The Balaban J connectivity index is 1.78. The molecular weight excluding hydrogens is 406 g/mol. The highest BCUT2D eigenvalue weighted by Gasteiger charge is 2.48. The quantitative estimate of drug-likeness (QED) is 0.603. The molecule has 0 radical (unpaired) electrons. The summed E-state index contributed by atoms with van der Waals surface area (Å²) < 4.78 is 43.1. The van der Waals surface area contributed by atoms with Crippen molar-refractivity contribution in [1.82, 2.24) is 9.03 Å². The van der Waals surface area contributed by atoms with Crippen LogP contribution in [0.3, 0.4) is 0 Å². The van der Waals surface area contributed by atoms with Crippen LogP contribution < -0.4 is 10.5 Å². The summed E-state index contributed by atoms with van der Waals surface area (Å²) in [5, 5.41) is 0. The van der Waals surface area contributed by atoms with Crippen molar-refractivity contribution in [2.24, 2.45) is 11.7 Å². The Kier molecular flexibility index (Phi) is 7.34. The average molecular weight is 442 g/mol. The predicted octanol–water partition coefficient (Wildman–Crippen LogP) is 2.18. The lowest BCUT2D eigenvalue weighted by atomic mass is 9.84.